The highest BCUT2D eigenvalue weighted by Gasteiger charge is 2.33. The topological polar surface area (TPSA) is 50.8 Å². The molecule has 5 heteroatoms. The number of hydrogen-bond acceptors (Lipinski definition) is 4. The molecule has 0 aromatic heterocycles. The van der Waals surface area contributed by atoms with E-state index in [0.29, 0.717) is 19.1 Å². The molecule has 0 saturated carbocycles. The molecule has 1 amide bonds. The van der Waals surface area contributed by atoms with Crippen LogP contribution < -0.4 is 10.1 Å². The smallest absolute Gasteiger partial charge is 0.223 e. The molecule has 23 heavy (non-hydrogen) atoms. The Kier molecular flexibility index (Phi) is 6.86. The minimum Gasteiger partial charge on any atom is -0.497 e. The van der Waals surface area contributed by atoms with E-state index in [2.05, 4.69) is 18.3 Å². The third-order valence-corrected chi connectivity index (χ3v) is 4.37. The summed E-state index contributed by atoms with van der Waals surface area (Å²) < 4.78 is 10.4. The maximum atomic E-state index is 12.1. The van der Waals surface area contributed by atoms with Gasteiger partial charge in [0.05, 0.1) is 19.8 Å². The second kappa shape index (κ2) is 8.89. The van der Waals surface area contributed by atoms with Gasteiger partial charge in [-0.15, -0.1) is 0 Å². The third kappa shape index (κ3) is 4.94. The fourth-order valence-electron chi connectivity index (χ4n) is 3.26. The maximum Gasteiger partial charge on any atom is 0.223 e. The number of rotatable bonds is 9. The number of ether oxygens (including phenoxy) is 2. The van der Waals surface area contributed by atoms with E-state index in [0.717, 1.165) is 31.7 Å². The zero-order chi connectivity index (χ0) is 16.7. The average Bonchev–Trinajstić information content (AvgIpc) is 2.93. The molecular formula is C18H28N2O3. The molecule has 2 atom stereocenters. The summed E-state index contributed by atoms with van der Waals surface area (Å²) in [6.07, 6.45) is 2.59. The van der Waals surface area contributed by atoms with Gasteiger partial charge >= 0.3 is 0 Å². The normalized spacial score (nSPS) is 19.2. The van der Waals surface area contributed by atoms with Gasteiger partial charge in [0.2, 0.25) is 5.91 Å². The highest BCUT2D eigenvalue weighted by Crippen LogP contribution is 2.24. The van der Waals surface area contributed by atoms with Crippen LogP contribution in [0.4, 0.5) is 0 Å². The van der Waals surface area contributed by atoms with Crippen LogP contribution in [-0.2, 0) is 16.1 Å². The van der Waals surface area contributed by atoms with Gasteiger partial charge in [-0.1, -0.05) is 12.1 Å². The molecule has 1 N–H and O–H groups in total. The summed E-state index contributed by atoms with van der Waals surface area (Å²) in [6, 6.07) is 8.55. The molecule has 1 aliphatic heterocycles. The van der Waals surface area contributed by atoms with Crippen molar-refractivity contribution < 1.29 is 14.3 Å². The Morgan fingerprint density at radius 1 is 1.39 bits per heavy atom. The molecule has 128 valence electrons. The van der Waals surface area contributed by atoms with Crippen LogP contribution in [0.1, 0.15) is 31.7 Å². The van der Waals surface area contributed by atoms with E-state index in [1.165, 1.54) is 5.56 Å². The number of hydrogen-bond donors (Lipinski definition) is 1. The summed E-state index contributed by atoms with van der Waals surface area (Å²) in [5.74, 6) is 1.14. The zero-order valence-electron chi connectivity index (χ0n) is 14.4. The van der Waals surface area contributed by atoms with Crippen molar-refractivity contribution in [3.63, 3.8) is 0 Å². The van der Waals surface area contributed by atoms with Crippen molar-refractivity contribution in [3.05, 3.63) is 29.8 Å². The van der Waals surface area contributed by atoms with Crippen LogP contribution in [0, 0.1) is 0 Å². The third-order valence-electron chi connectivity index (χ3n) is 4.37. The van der Waals surface area contributed by atoms with Crippen molar-refractivity contribution in [2.45, 2.75) is 44.8 Å². The van der Waals surface area contributed by atoms with Gasteiger partial charge in [0.25, 0.3) is 0 Å². The minimum atomic E-state index is 0.151. The number of methoxy groups -OCH3 is 2. The lowest BCUT2D eigenvalue weighted by atomic mass is 10.1. The number of nitrogens with one attached hydrogen (secondary N) is 1. The van der Waals surface area contributed by atoms with E-state index in [1.54, 1.807) is 14.2 Å². The van der Waals surface area contributed by atoms with E-state index in [4.69, 9.17) is 9.47 Å². The zero-order valence-corrected chi connectivity index (χ0v) is 14.4. The predicted octanol–water partition coefficient (Wildman–Crippen LogP) is 2.20. The minimum absolute atomic E-state index is 0.151. The van der Waals surface area contributed by atoms with E-state index in [9.17, 15) is 4.79 Å². The van der Waals surface area contributed by atoms with E-state index in [-0.39, 0.29) is 11.9 Å². The Bertz CT molecular complexity index is 507. The molecular weight excluding hydrogens is 292 g/mol. The Balaban J connectivity index is 1.77. The number of nitrogens with zero attached hydrogens (tertiary/aromatic N) is 1. The summed E-state index contributed by atoms with van der Waals surface area (Å²) in [6.45, 7) is 4.36. The first-order chi connectivity index (χ1) is 11.2. The summed E-state index contributed by atoms with van der Waals surface area (Å²) in [4.78, 5) is 14.1. The largest absolute Gasteiger partial charge is 0.497 e. The second-order valence-electron chi connectivity index (χ2n) is 6.11. The fourth-order valence-corrected chi connectivity index (χ4v) is 3.26. The van der Waals surface area contributed by atoms with Crippen LogP contribution in [0.2, 0.25) is 0 Å². The first-order valence-electron chi connectivity index (χ1n) is 8.29. The van der Waals surface area contributed by atoms with Gasteiger partial charge in [-0.25, -0.2) is 0 Å². The van der Waals surface area contributed by atoms with Crippen molar-refractivity contribution in [1.29, 1.82) is 0 Å². The number of likely N-dealkylation sites (tertiary alicyclic amines) is 1. The van der Waals surface area contributed by atoms with Crippen molar-refractivity contribution in [2.24, 2.45) is 0 Å². The Labute approximate surface area is 139 Å². The highest BCUT2D eigenvalue weighted by atomic mass is 16.5. The standard InChI is InChI=1S/C18H28N2O3/c1-14(13-22-2)20-16(7-8-18(20)21)9-10-19-12-15-5-4-6-17(11-15)23-3/h4-6,11,14,16,19H,7-10,12-13H2,1-3H3. The summed E-state index contributed by atoms with van der Waals surface area (Å²) in [5, 5.41) is 3.46. The molecule has 1 aromatic rings. The number of benzene rings is 1. The molecule has 0 radical (unpaired) electrons. The number of carbonyl (C=O) groups excluding carboxylic acids is 1. The molecule has 1 aliphatic rings. The lowest BCUT2D eigenvalue weighted by molar-refractivity contribution is -0.132. The molecule has 5 nitrogen and oxygen atoms in total. The van der Waals surface area contributed by atoms with Crippen molar-refractivity contribution in [3.8, 4) is 5.75 Å². The SMILES string of the molecule is COCC(C)N1C(=O)CCC1CCNCc1cccc(OC)c1. The molecule has 0 bridgehead atoms. The predicted molar refractivity (Wildman–Crippen MR) is 90.5 cm³/mol. The van der Waals surface area contributed by atoms with E-state index >= 15 is 0 Å². The van der Waals surface area contributed by atoms with Gasteiger partial charge in [-0.3, -0.25) is 4.79 Å². The Morgan fingerprint density at radius 2 is 2.22 bits per heavy atom. The summed E-state index contributed by atoms with van der Waals surface area (Å²) in [7, 11) is 3.36. The highest BCUT2D eigenvalue weighted by molar-refractivity contribution is 5.79. The lowest BCUT2D eigenvalue weighted by Gasteiger charge is -2.30. The van der Waals surface area contributed by atoms with E-state index in [1.807, 2.05) is 23.1 Å². The van der Waals surface area contributed by atoms with Gasteiger partial charge in [0.1, 0.15) is 5.75 Å². The lowest BCUT2D eigenvalue weighted by Crippen LogP contribution is -2.43. The van der Waals surface area contributed by atoms with Crippen LogP contribution in [-0.4, -0.2) is 50.3 Å². The second-order valence-corrected chi connectivity index (χ2v) is 6.11. The monoisotopic (exact) mass is 320 g/mol. The molecule has 0 spiro atoms. The van der Waals surface area contributed by atoms with Gasteiger partial charge in [-0.05, 0) is 44.0 Å². The van der Waals surface area contributed by atoms with Gasteiger partial charge < -0.3 is 19.7 Å². The summed E-state index contributed by atoms with van der Waals surface area (Å²) >= 11 is 0. The Hall–Kier alpha value is -1.59. The molecule has 2 unspecified atom stereocenters. The van der Waals surface area contributed by atoms with Crippen LogP contribution in [0.25, 0.3) is 0 Å². The number of carbonyl (C=O) groups is 1. The molecule has 1 aromatic carbocycles. The molecule has 1 saturated heterocycles. The van der Waals surface area contributed by atoms with Gasteiger partial charge in [-0.2, -0.15) is 0 Å². The first-order valence-corrected chi connectivity index (χ1v) is 8.29. The first kappa shape index (κ1) is 17.8. The quantitative estimate of drug-likeness (QED) is 0.709. The van der Waals surface area contributed by atoms with Gasteiger partial charge in [0.15, 0.2) is 0 Å². The van der Waals surface area contributed by atoms with Crippen LogP contribution >= 0.6 is 0 Å². The van der Waals surface area contributed by atoms with Crippen molar-refractivity contribution >= 4 is 5.91 Å². The molecule has 2 rings (SSSR count). The number of amides is 1. The Morgan fingerprint density at radius 3 is 2.96 bits per heavy atom. The molecule has 0 aliphatic carbocycles. The fraction of sp³-hybridized carbons (Fsp3) is 0.611. The van der Waals surface area contributed by atoms with Crippen molar-refractivity contribution in [2.75, 3.05) is 27.4 Å². The van der Waals surface area contributed by atoms with Crippen molar-refractivity contribution in [1.82, 2.24) is 10.2 Å². The maximum absolute atomic E-state index is 12.1. The van der Waals surface area contributed by atoms with Crippen LogP contribution in [0.15, 0.2) is 24.3 Å². The molecule has 1 fully saturated rings. The van der Waals surface area contributed by atoms with E-state index < -0.39 is 0 Å². The van der Waals surface area contributed by atoms with Crippen LogP contribution in [0.5, 0.6) is 5.75 Å². The molecule has 1 heterocycles. The van der Waals surface area contributed by atoms with Crippen LogP contribution in [0.3, 0.4) is 0 Å². The summed E-state index contributed by atoms with van der Waals surface area (Å²) in [5.41, 5.74) is 1.21. The van der Waals surface area contributed by atoms with Gasteiger partial charge in [0, 0.05) is 26.1 Å². The average molecular weight is 320 g/mol.